The van der Waals surface area contributed by atoms with Crippen LogP contribution in [0.5, 0.6) is 0 Å². The Bertz CT molecular complexity index is 373. The molecule has 2 aliphatic rings. The smallest absolute Gasteiger partial charge is 0.216 e. The molecular formula is C13H26N2O3S. The first kappa shape index (κ1) is 15.2. The van der Waals surface area contributed by atoms with E-state index < -0.39 is 10.0 Å². The average molecular weight is 290 g/mol. The summed E-state index contributed by atoms with van der Waals surface area (Å²) in [5.74, 6) is 0.1000. The van der Waals surface area contributed by atoms with E-state index in [1.54, 1.807) is 11.4 Å². The molecule has 2 saturated heterocycles. The van der Waals surface area contributed by atoms with Crippen LogP contribution in [0, 0.1) is 0 Å². The first-order valence-corrected chi connectivity index (χ1v) is 8.92. The molecule has 1 N–H and O–H groups in total. The maximum absolute atomic E-state index is 12.4. The van der Waals surface area contributed by atoms with Gasteiger partial charge in [-0.25, -0.2) is 8.42 Å². The van der Waals surface area contributed by atoms with Crippen LogP contribution in [0.1, 0.15) is 39.0 Å². The Kier molecular flexibility index (Phi) is 5.22. The molecule has 19 heavy (non-hydrogen) atoms. The van der Waals surface area contributed by atoms with Crippen molar-refractivity contribution < 1.29 is 13.2 Å². The first-order chi connectivity index (χ1) is 9.06. The third-order valence-corrected chi connectivity index (χ3v) is 6.08. The van der Waals surface area contributed by atoms with Crippen LogP contribution in [0.3, 0.4) is 0 Å². The molecule has 0 radical (unpaired) electrons. The highest BCUT2D eigenvalue weighted by atomic mass is 32.2. The summed E-state index contributed by atoms with van der Waals surface area (Å²) in [5, 5.41) is 3.57. The van der Waals surface area contributed by atoms with Crippen LogP contribution < -0.4 is 5.32 Å². The predicted octanol–water partition coefficient (Wildman–Crippen LogP) is 0.958. The molecule has 0 aromatic carbocycles. The van der Waals surface area contributed by atoms with Gasteiger partial charge in [0.25, 0.3) is 0 Å². The summed E-state index contributed by atoms with van der Waals surface area (Å²) in [7, 11) is -1.64. The minimum absolute atomic E-state index is 0.1000. The van der Waals surface area contributed by atoms with Crippen molar-refractivity contribution in [2.75, 3.05) is 26.0 Å². The van der Waals surface area contributed by atoms with Gasteiger partial charge >= 0.3 is 0 Å². The van der Waals surface area contributed by atoms with E-state index in [9.17, 15) is 8.42 Å². The fourth-order valence-electron chi connectivity index (χ4n) is 3.34. The van der Waals surface area contributed by atoms with E-state index in [0.29, 0.717) is 18.6 Å². The topological polar surface area (TPSA) is 58.6 Å². The molecule has 112 valence electrons. The molecule has 0 saturated carbocycles. The first-order valence-electron chi connectivity index (χ1n) is 7.31. The number of fused-ring (bicyclic) bond motifs is 2. The standard InChI is InChI=1S/C13H26N2O3S/c1-3-6-15(19(16,17)8-7-18-2)13-9-11-4-5-12(10-13)14-11/h11-14H,3-10H2,1-2H3. The van der Waals surface area contributed by atoms with Gasteiger partial charge in [0.05, 0.1) is 12.4 Å². The van der Waals surface area contributed by atoms with Crippen LogP contribution in [0.4, 0.5) is 0 Å². The minimum atomic E-state index is -3.18. The normalized spacial score (nSPS) is 31.0. The fraction of sp³-hybridized carbons (Fsp3) is 1.00. The molecule has 2 aliphatic heterocycles. The Hall–Kier alpha value is -0.170. The zero-order chi connectivity index (χ0) is 13.9. The summed E-state index contributed by atoms with van der Waals surface area (Å²) < 4.78 is 31.6. The molecular weight excluding hydrogens is 264 g/mol. The Balaban J connectivity index is 2.06. The maximum atomic E-state index is 12.4. The van der Waals surface area contributed by atoms with Gasteiger partial charge in [0.15, 0.2) is 0 Å². The molecule has 2 atom stereocenters. The minimum Gasteiger partial charge on any atom is -0.384 e. The van der Waals surface area contributed by atoms with Crippen LogP contribution in [-0.4, -0.2) is 56.9 Å². The van der Waals surface area contributed by atoms with E-state index in [-0.39, 0.29) is 18.4 Å². The molecule has 2 heterocycles. The molecule has 0 aromatic rings. The number of nitrogens with one attached hydrogen (secondary N) is 1. The van der Waals surface area contributed by atoms with E-state index in [0.717, 1.165) is 19.3 Å². The van der Waals surface area contributed by atoms with Crippen LogP contribution >= 0.6 is 0 Å². The van der Waals surface area contributed by atoms with Crippen LogP contribution in [0.15, 0.2) is 0 Å². The monoisotopic (exact) mass is 290 g/mol. The van der Waals surface area contributed by atoms with Gasteiger partial charge in [-0.05, 0) is 32.1 Å². The Morgan fingerprint density at radius 1 is 1.26 bits per heavy atom. The van der Waals surface area contributed by atoms with Crippen molar-refractivity contribution in [1.82, 2.24) is 9.62 Å². The second-order valence-electron chi connectivity index (χ2n) is 5.68. The van der Waals surface area contributed by atoms with Crippen molar-refractivity contribution >= 4 is 10.0 Å². The number of ether oxygens (including phenoxy) is 1. The molecule has 0 spiro atoms. The van der Waals surface area contributed by atoms with Crippen molar-refractivity contribution in [3.8, 4) is 0 Å². The summed E-state index contributed by atoms with van der Waals surface area (Å²) in [5.41, 5.74) is 0. The maximum Gasteiger partial charge on any atom is 0.216 e. The van der Waals surface area contributed by atoms with Crippen molar-refractivity contribution in [2.45, 2.75) is 57.2 Å². The van der Waals surface area contributed by atoms with Gasteiger partial charge in [-0.3, -0.25) is 0 Å². The summed E-state index contributed by atoms with van der Waals surface area (Å²) in [6.07, 6.45) is 5.18. The number of nitrogens with zero attached hydrogens (tertiary/aromatic N) is 1. The molecule has 2 bridgehead atoms. The predicted molar refractivity (Wildman–Crippen MR) is 75.6 cm³/mol. The summed E-state index contributed by atoms with van der Waals surface area (Å²) in [6.45, 7) is 2.95. The molecule has 2 unspecified atom stereocenters. The third-order valence-electron chi connectivity index (χ3n) is 4.20. The van der Waals surface area contributed by atoms with E-state index in [4.69, 9.17) is 4.74 Å². The van der Waals surface area contributed by atoms with E-state index in [2.05, 4.69) is 5.32 Å². The molecule has 6 heteroatoms. The lowest BCUT2D eigenvalue weighted by Gasteiger charge is -2.36. The lowest BCUT2D eigenvalue weighted by Crippen LogP contribution is -2.51. The molecule has 2 fully saturated rings. The Labute approximate surface area is 116 Å². The second-order valence-corrected chi connectivity index (χ2v) is 7.72. The second kappa shape index (κ2) is 6.52. The van der Waals surface area contributed by atoms with Gasteiger partial charge in [0.2, 0.25) is 10.0 Å². The van der Waals surface area contributed by atoms with Crippen molar-refractivity contribution in [3.05, 3.63) is 0 Å². The van der Waals surface area contributed by atoms with Crippen LogP contribution in [-0.2, 0) is 14.8 Å². The zero-order valence-corrected chi connectivity index (χ0v) is 12.8. The largest absolute Gasteiger partial charge is 0.384 e. The van der Waals surface area contributed by atoms with Gasteiger partial charge < -0.3 is 10.1 Å². The zero-order valence-electron chi connectivity index (χ0n) is 12.0. The molecule has 5 nitrogen and oxygen atoms in total. The van der Waals surface area contributed by atoms with Crippen LogP contribution in [0.25, 0.3) is 0 Å². The van der Waals surface area contributed by atoms with E-state index >= 15 is 0 Å². The van der Waals surface area contributed by atoms with Gasteiger partial charge in [-0.2, -0.15) is 4.31 Å². The number of piperidine rings is 1. The van der Waals surface area contributed by atoms with Crippen molar-refractivity contribution in [1.29, 1.82) is 0 Å². The number of hydrogen-bond acceptors (Lipinski definition) is 4. The SMILES string of the molecule is CCCN(C1CC2CCC(C1)N2)S(=O)(=O)CCOC. The van der Waals surface area contributed by atoms with Gasteiger partial charge in [0, 0.05) is 31.8 Å². The molecule has 0 aliphatic carbocycles. The highest BCUT2D eigenvalue weighted by molar-refractivity contribution is 7.89. The average Bonchev–Trinajstić information content (AvgIpc) is 2.72. The summed E-state index contributed by atoms with van der Waals surface area (Å²) in [4.78, 5) is 0. The molecule has 0 aromatic heterocycles. The Morgan fingerprint density at radius 2 is 1.89 bits per heavy atom. The quantitative estimate of drug-likeness (QED) is 0.759. The lowest BCUT2D eigenvalue weighted by atomic mass is 10.00. The fourth-order valence-corrected chi connectivity index (χ4v) is 5.04. The highest BCUT2D eigenvalue weighted by Crippen LogP contribution is 2.31. The summed E-state index contributed by atoms with van der Waals surface area (Å²) >= 11 is 0. The van der Waals surface area contributed by atoms with Crippen molar-refractivity contribution in [2.24, 2.45) is 0 Å². The van der Waals surface area contributed by atoms with Crippen LogP contribution in [0.2, 0.25) is 0 Å². The van der Waals surface area contributed by atoms with Gasteiger partial charge in [-0.1, -0.05) is 6.92 Å². The van der Waals surface area contributed by atoms with Crippen molar-refractivity contribution in [3.63, 3.8) is 0 Å². The number of sulfonamides is 1. The van der Waals surface area contributed by atoms with Gasteiger partial charge in [-0.15, -0.1) is 0 Å². The number of rotatable bonds is 7. The molecule has 2 rings (SSSR count). The summed E-state index contributed by atoms with van der Waals surface area (Å²) in [6, 6.07) is 1.21. The highest BCUT2D eigenvalue weighted by Gasteiger charge is 2.39. The lowest BCUT2D eigenvalue weighted by molar-refractivity contribution is 0.206. The van der Waals surface area contributed by atoms with E-state index in [1.165, 1.54) is 12.8 Å². The number of hydrogen-bond donors (Lipinski definition) is 1. The molecule has 0 amide bonds. The van der Waals surface area contributed by atoms with Gasteiger partial charge in [0.1, 0.15) is 0 Å². The van der Waals surface area contributed by atoms with E-state index in [1.807, 2.05) is 6.92 Å². The number of methoxy groups -OCH3 is 1. The third kappa shape index (κ3) is 3.68. The Morgan fingerprint density at radius 3 is 2.42 bits per heavy atom.